The Morgan fingerprint density at radius 3 is 2.14 bits per heavy atom. The van der Waals surface area contributed by atoms with E-state index in [1.807, 2.05) is 42.5 Å². The van der Waals surface area contributed by atoms with E-state index in [9.17, 15) is 9.59 Å². The van der Waals surface area contributed by atoms with Crippen LogP contribution < -0.4 is 9.47 Å². The maximum Gasteiger partial charge on any atom is 0.246 e. The second-order valence-electron chi connectivity index (χ2n) is 6.81. The summed E-state index contributed by atoms with van der Waals surface area (Å²) in [5, 5.41) is 0. The molecule has 0 aliphatic carbocycles. The SMILES string of the molecule is COc1cc(C=CC(=O)N2CCC(C(=O)c3ccccc3)CC2)cc(OC)c1. The number of carbonyl (C=O) groups is 2. The second-order valence-corrected chi connectivity index (χ2v) is 6.81. The molecule has 3 rings (SSSR count). The molecule has 2 aromatic carbocycles. The number of Topliss-reactive ketones (excluding diaryl/α,β-unsaturated/α-hetero) is 1. The van der Waals surface area contributed by atoms with Crippen molar-refractivity contribution < 1.29 is 19.1 Å². The van der Waals surface area contributed by atoms with Gasteiger partial charge in [-0.25, -0.2) is 0 Å². The Morgan fingerprint density at radius 1 is 0.964 bits per heavy atom. The molecule has 0 radical (unpaired) electrons. The fourth-order valence-corrected chi connectivity index (χ4v) is 3.40. The summed E-state index contributed by atoms with van der Waals surface area (Å²) < 4.78 is 10.5. The smallest absolute Gasteiger partial charge is 0.246 e. The van der Waals surface area contributed by atoms with Crippen molar-refractivity contribution >= 4 is 17.8 Å². The topological polar surface area (TPSA) is 55.8 Å². The van der Waals surface area contributed by atoms with Crippen LogP contribution in [0.5, 0.6) is 11.5 Å². The zero-order valence-electron chi connectivity index (χ0n) is 16.3. The summed E-state index contributed by atoms with van der Waals surface area (Å²) in [6.07, 6.45) is 4.71. The summed E-state index contributed by atoms with van der Waals surface area (Å²) >= 11 is 0. The largest absolute Gasteiger partial charge is 0.497 e. The standard InChI is InChI=1S/C23H25NO4/c1-27-20-14-17(15-21(16-20)28-2)8-9-22(25)24-12-10-19(11-13-24)23(26)18-6-4-3-5-7-18/h3-9,14-16,19H,10-13H2,1-2H3. The van der Waals surface area contributed by atoms with E-state index in [0.29, 0.717) is 37.4 Å². The summed E-state index contributed by atoms with van der Waals surface area (Å²) in [6.45, 7) is 1.18. The number of carbonyl (C=O) groups excluding carboxylic acids is 2. The number of benzene rings is 2. The minimum atomic E-state index is -0.0487. The fraction of sp³-hybridized carbons (Fsp3) is 0.304. The first-order valence-corrected chi connectivity index (χ1v) is 9.40. The highest BCUT2D eigenvalue weighted by Crippen LogP contribution is 2.24. The van der Waals surface area contributed by atoms with Gasteiger partial charge in [-0.3, -0.25) is 9.59 Å². The number of nitrogens with zero attached hydrogens (tertiary/aromatic N) is 1. The number of hydrogen-bond acceptors (Lipinski definition) is 4. The number of amides is 1. The zero-order chi connectivity index (χ0) is 19.9. The molecule has 0 unspecified atom stereocenters. The van der Waals surface area contributed by atoms with Gasteiger partial charge in [0.1, 0.15) is 11.5 Å². The van der Waals surface area contributed by atoms with Gasteiger partial charge in [-0.05, 0) is 36.6 Å². The summed E-state index contributed by atoms with van der Waals surface area (Å²) in [4.78, 5) is 26.9. The fourth-order valence-electron chi connectivity index (χ4n) is 3.40. The molecule has 1 amide bonds. The summed E-state index contributed by atoms with van der Waals surface area (Å²) in [5.41, 5.74) is 1.58. The summed E-state index contributed by atoms with van der Waals surface area (Å²) in [7, 11) is 3.18. The van der Waals surface area contributed by atoms with Gasteiger partial charge in [0.25, 0.3) is 0 Å². The first kappa shape index (κ1) is 19.7. The van der Waals surface area contributed by atoms with Gasteiger partial charge in [-0.2, -0.15) is 0 Å². The number of ketones is 1. The minimum Gasteiger partial charge on any atom is -0.497 e. The van der Waals surface area contributed by atoms with Gasteiger partial charge < -0.3 is 14.4 Å². The van der Waals surface area contributed by atoms with Gasteiger partial charge in [0.15, 0.2) is 5.78 Å². The zero-order valence-corrected chi connectivity index (χ0v) is 16.3. The first-order valence-electron chi connectivity index (χ1n) is 9.40. The van der Waals surface area contributed by atoms with Gasteiger partial charge in [-0.1, -0.05) is 30.3 Å². The predicted molar refractivity (Wildman–Crippen MR) is 109 cm³/mol. The van der Waals surface area contributed by atoms with Gasteiger partial charge in [0.05, 0.1) is 14.2 Å². The average molecular weight is 379 g/mol. The van der Waals surface area contributed by atoms with E-state index >= 15 is 0 Å². The Kier molecular flexibility index (Phi) is 6.48. The minimum absolute atomic E-state index is 0.0157. The highest BCUT2D eigenvalue weighted by Gasteiger charge is 2.27. The van der Waals surface area contributed by atoms with Crippen LogP contribution in [0.1, 0.15) is 28.8 Å². The average Bonchev–Trinajstić information content (AvgIpc) is 2.77. The number of likely N-dealkylation sites (tertiary alicyclic amines) is 1. The van der Waals surface area contributed by atoms with E-state index in [-0.39, 0.29) is 17.6 Å². The van der Waals surface area contributed by atoms with Crippen LogP contribution in [0, 0.1) is 5.92 Å². The number of rotatable bonds is 6. The third-order valence-electron chi connectivity index (χ3n) is 5.03. The van der Waals surface area contributed by atoms with E-state index < -0.39 is 0 Å². The Labute approximate surface area is 165 Å². The van der Waals surface area contributed by atoms with Crippen molar-refractivity contribution in [2.24, 2.45) is 5.92 Å². The maximum atomic E-state index is 12.6. The van der Waals surface area contributed by atoms with E-state index in [4.69, 9.17) is 9.47 Å². The summed E-state index contributed by atoms with van der Waals surface area (Å²) in [6, 6.07) is 14.8. The molecule has 1 aliphatic rings. The van der Waals surface area contributed by atoms with E-state index in [1.54, 1.807) is 37.3 Å². The monoisotopic (exact) mass is 379 g/mol. The highest BCUT2D eigenvalue weighted by atomic mass is 16.5. The van der Waals surface area contributed by atoms with Crippen LogP contribution in [0.2, 0.25) is 0 Å². The quantitative estimate of drug-likeness (QED) is 0.565. The third kappa shape index (κ3) is 4.80. The molecule has 0 saturated carbocycles. The molecule has 1 saturated heterocycles. The Morgan fingerprint density at radius 2 is 1.57 bits per heavy atom. The number of piperidine rings is 1. The highest BCUT2D eigenvalue weighted by molar-refractivity contribution is 5.98. The van der Waals surface area contributed by atoms with Crippen LogP contribution >= 0.6 is 0 Å². The van der Waals surface area contributed by atoms with Crippen LogP contribution in [0.4, 0.5) is 0 Å². The molecule has 0 N–H and O–H groups in total. The van der Waals surface area contributed by atoms with Gasteiger partial charge in [-0.15, -0.1) is 0 Å². The Bertz CT molecular complexity index is 830. The van der Waals surface area contributed by atoms with Crippen molar-refractivity contribution in [1.29, 1.82) is 0 Å². The molecule has 2 aromatic rings. The number of ether oxygens (including phenoxy) is 2. The van der Waals surface area contributed by atoms with Crippen LogP contribution in [-0.4, -0.2) is 43.9 Å². The van der Waals surface area contributed by atoms with Gasteiger partial charge in [0.2, 0.25) is 5.91 Å². The number of methoxy groups -OCH3 is 2. The molecular weight excluding hydrogens is 354 g/mol. The van der Waals surface area contributed by atoms with E-state index in [2.05, 4.69) is 0 Å². The molecule has 0 spiro atoms. The van der Waals surface area contributed by atoms with E-state index in [0.717, 1.165) is 11.1 Å². The van der Waals surface area contributed by atoms with Crippen LogP contribution in [-0.2, 0) is 4.79 Å². The van der Waals surface area contributed by atoms with E-state index in [1.165, 1.54) is 0 Å². The lowest BCUT2D eigenvalue weighted by molar-refractivity contribution is -0.127. The third-order valence-corrected chi connectivity index (χ3v) is 5.03. The van der Waals surface area contributed by atoms with Crippen LogP contribution in [0.15, 0.2) is 54.6 Å². The molecular formula is C23H25NO4. The molecule has 0 aromatic heterocycles. The van der Waals surface area contributed by atoms with Crippen molar-refractivity contribution in [3.63, 3.8) is 0 Å². The molecule has 0 bridgehead atoms. The Balaban J connectivity index is 1.58. The van der Waals surface area contributed by atoms with Crippen molar-refractivity contribution in [3.05, 3.63) is 65.7 Å². The van der Waals surface area contributed by atoms with Crippen LogP contribution in [0.3, 0.4) is 0 Å². The lowest BCUT2D eigenvalue weighted by Gasteiger charge is -2.30. The Hall–Kier alpha value is -3.08. The lowest BCUT2D eigenvalue weighted by atomic mass is 9.89. The molecule has 146 valence electrons. The number of hydrogen-bond donors (Lipinski definition) is 0. The second kappa shape index (κ2) is 9.22. The normalized spacial score (nSPS) is 14.9. The molecule has 0 atom stereocenters. The predicted octanol–water partition coefficient (Wildman–Crippen LogP) is 3.84. The molecule has 1 heterocycles. The first-order chi connectivity index (χ1) is 13.6. The van der Waals surface area contributed by atoms with Crippen molar-refractivity contribution in [3.8, 4) is 11.5 Å². The van der Waals surface area contributed by atoms with Crippen molar-refractivity contribution in [2.75, 3.05) is 27.3 Å². The van der Waals surface area contributed by atoms with Gasteiger partial charge >= 0.3 is 0 Å². The maximum absolute atomic E-state index is 12.6. The van der Waals surface area contributed by atoms with Crippen molar-refractivity contribution in [2.45, 2.75) is 12.8 Å². The molecule has 1 fully saturated rings. The lowest BCUT2D eigenvalue weighted by Crippen LogP contribution is -2.39. The molecule has 5 heteroatoms. The van der Waals surface area contributed by atoms with Crippen LogP contribution in [0.25, 0.3) is 6.08 Å². The van der Waals surface area contributed by atoms with Crippen molar-refractivity contribution in [1.82, 2.24) is 4.90 Å². The van der Waals surface area contributed by atoms with Gasteiger partial charge in [0, 0.05) is 36.7 Å². The summed E-state index contributed by atoms with van der Waals surface area (Å²) in [5.74, 6) is 1.45. The molecule has 5 nitrogen and oxygen atoms in total. The molecule has 28 heavy (non-hydrogen) atoms. The molecule has 1 aliphatic heterocycles.